The van der Waals surface area contributed by atoms with E-state index in [2.05, 4.69) is 0 Å². The fourth-order valence-electron chi connectivity index (χ4n) is 2.05. The fourth-order valence-corrected chi connectivity index (χ4v) is 2.05. The molecule has 0 radical (unpaired) electrons. The first kappa shape index (κ1) is 10.4. The Morgan fingerprint density at radius 3 is 3.07 bits per heavy atom. The van der Waals surface area contributed by atoms with Gasteiger partial charge in [0, 0.05) is 13.2 Å². The number of hydrogen-bond donors (Lipinski definition) is 1. The van der Waals surface area contributed by atoms with Gasteiger partial charge in [0.15, 0.2) is 0 Å². The zero-order valence-electron chi connectivity index (χ0n) is 8.48. The minimum Gasteiger partial charge on any atom is -0.373 e. The van der Waals surface area contributed by atoms with E-state index >= 15 is 0 Å². The Morgan fingerprint density at radius 1 is 1.29 bits per heavy atom. The van der Waals surface area contributed by atoms with Crippen molar-refractivity contribution < 1.29 is 14.2 Å². The van der Waals surface area contributed by atoms with Crippen LogP contribution in [0.15, 0.2) is 0 Å². The van der Waals surface area contributed by atoms with Crippen LogP contribution in [-0.4, -0.2) is 44.7 Å². The highest BCUT2D eigenvalue weighted by Crippen LogP contribution is 2.28. The van der Waals surface area contributed by atoms with Crippen LogP contribution in [0.4, 0.5) is 0 Å². The Labute approximate surface area is 84.7 Å². The van der Waals surface area contributed by atoms with E-state index in [0.717, 1.165) is 39.0 Å². The number of nitrogens with two attached hydrogens (primary N) is 1. The predicted octanol–water partition coefficient (Wildman–Crippen LogP) is 0.298. The lowest BCUT2D eigenvalue weighted by atomic mass is 10.1. The van der Waals surface area contributed by atoms with Gasteiger partial charge in [-0.2, -0.15) is 0 Å². The summed E-state index contributed by atoms with van der Waals surface area (Å²) in [4.78, 5) is 0. The van der Waals surface area contributed by atoms with E-state index in [4.69, 9.17) is 19.9 Å². The summed E-state index contributed by atoms with van der Waals surface area (Å²) in [5.74, 6) is 0. The van der Waals surface area contributed by atoms with Gasteiger partial charge in [0.1, 0.15) is 12.2 Å². The van der Waals surface area contributed by atoms with Gasteiger partial charge in [0.2, 0.25) is 0 Å². The number of ether oxygens (including phenoxy) is 3. The van der Waals surface area contributed by atoms with Crippen molar-refractivity contribution in [3.63, 3.8) is 0 Å². The SMILES string of the molecule is NCCCCOC1COC2CCOC21. The molecule has 82 valence electrons. The molecule has 2 fully saturated rings. The Hall–Kier alpha value is -0.160. The molecule has 2 rings (SSSR count). The van der Waals surface area contributed by atoms with Crippen molar-refractivity contribution in [3.8, 4) is 0 Å². The third-order valence-corrected chi connectivity index (χ3v) is 2.85. The van der Waals surface area contributed by atoms with Gasteiger partial charge in [-0.15, -0.1) is 0 Å². The van der Waals surface area contributed by atoms with Crippen LogP contribution in [0.1, 0.15) is 19.3 Å². The van der Waals surface area contributed by atoms with Crippen molar-refractivity contribution in [1.29, 1.82) is 0 Å². The molecule has 0 amide bonds. The molecule has 3 unspecified atom stereocenters. The molecule has 0 aromatic carbocycles. The lowest BCUT2D eigenvalue weighted by Crippen LogP contribution is -2.30. The van der Waals surface area contributed by atoms with Gasteiger partial charge >= 0.3 is 0 Å². The molecule has 4 nitrogen and oxygen atoms in total. The lowest BCUT2D eigenvalue weighted by molar-refractivity contribution is -0.0316. The first-order valence-corrected chi connectivity index (χ1v) is 5.46. The van der Waals surface area contributed by atoms with Crippen LogP contribution < -0.4 is 5.73 Å². The normalized spacial score (nSPS) is 36.2. The molecule has 3 atom stereocenters. The minimum absolute atomic E-state index is 0.153. The van der Waals surface area contributed by atoms with Crippen molar-refractivity contribution in [2.75, 3.05) is 26.4 Å². The van der Waals surface area contributed by atoms with Crippen molar-refractivity contribution in [2.45, 2.75) is 37.6 Å². The van der Waals surface area contributed by atoms with Crippen LogP contribution in [0, 0.1) is 0 Å². The molecule has 2 aliphatic rings. The van der Waals surface area contributed by atoms with Gasteiger partial charge in [0.25, 0.3) is 0 Å². The molecule has 0 aromatic rings. The maximum atomic E-state index is 5.71. The molecule has 2 heterocycles. The smallest absolute Gasteiger partial charge is 0.112 e. The van der Waals surface area contributed by atoms with E-state index in [1.54, 1.807) is 0 Å². The van der Waals surface area contributed by atoms with Crippen LogP contribution in [-0.2, 0) is 14.2 Å². The van der Waals surface area contributed by atoms with E-state index in [-0.39, 0.29) is 18.3 Å². The molecule has 0 saturated carbocycles. The van der Waals surface area contributed by atoms with Crippen molar-refractivity contribution >= 4 is 0 Å². The van der Waals surface area contributed by atoms with Crippen LogP contribution in [0.25, 0.3) is 0 Å². The minimum atomic E-state index is 0.153. The van der Waals surface area contributed by atoms with Gasteiger partial charge in [0.05, 0.1) is 12.7 Å². The highest BCUT2D eigenvalue weighted by atomic mass is 16.6. The summed E-state index contributed by atoms with van der Waals surface area (Å²) in [5.41, 5.74) is 5.40. The Kier molecular flexibility index (Phi) is 3.75. The Morgan fingerprint density at radius 2 is 2.21 bits per heavy atom. The average Bonchev–Trinajstić information content (AvgIpc) is 2.75. The summed E-state index contributed by atoms with van der Waals surface area (Å²) in [6.45, 7) is 3.03. The fraction of sp³-hybridized carbons (Fsp3) is 1.00. The quantitative estimate of drug-likeness (QED) is 0.650. The molecule has 2 N–H and O–H groups in total. The van der Waals surface area contributed by atoms with E-state index < -0.39 is 0 Å². The molecule has 0 bridgehead atoms. The molecule has 14 heavy (non-hydrogen) atoms. The Balaban J connectivity index is 1.66. The van der Waals surface area contributed by atoms with E-state index in [1.807, 2.05) is 0 Å². The van der Waals surface area contributed by atoms with E-state index in [0.29, 0.717) is 6.61 Å². The predicted molar refractivity (Wildman–Crippen MR) is 52.1 cm³/mol. The summed E-state index contributed by atoms with van der Waals surface area (Å²) < 4.78 is 16.9. The molecular formula is C10H19NO3. The van der Waals surface area contributed by atoms with Gasteiger partial charge in [-0.3, -0.25) is 0 Å². The average molecular weight is 201 g/mol. The van der Waals surface area contributed by atoms with Gasteiger partial charge in [-0.25, -0.2) is 0 Å². The summed E-state index contributed by atoms with van der Waals surface area (Å²) in [7, 11) is 0. The van der Waals surface area contributed by atoms with Crippen molar-refractivity contribution in [3.05, 3.63) is 0 Å². The van der Waals surface area contributed by atoms with Crippen LogP contribution in [0.2, 0.25) is 0 Å². The summed E-state index contributed by atoms with van der Waals surface area (Å²) in [6.07, 6.45) is 3.71. The third kappa shape index (κ3) is 2.25. The molecular weight excluding hydrogens is 182 g/mol. The second kappa shape index (κ2) is 5.07. The van der Waals surface area contributed by atoms with E-state index in [9.17, 15) is 0 Å². The highest BCUT2D eigenvalue weighted by Gasteiger charge is 2.42. The molecule has 4 heteroatoms. The molecule has 0 spiro atoms. The number of unbranched alkanes of at least 4 members (excludes halogenated alkanes) is 1. The van der Waals surface area contributed by atoms with Crippen LogP contribution in [0.5, 0.6) is 0 Å². The standard InChI is InChI=1S/C10H19NO3/c11-4-1-2-5-12-9-7-14-8-3-6-13-10(8)9/h8-10H,1-7,11H2. The maximum Gasteiger partial charge on any atom is 0.112 e. The summed E-state index contributed by atoms with van der Waals surface area (Å²) in [5, 5.41) is 0. The van der Waals surface area contributed by atoms with Gasteiger partial charge < -0.3 is 19.9 Å². The highest BCUT2D eigenvalue weighted by molar-refractivity contribution is 4.89. The lowest BCUT2D eigenvalue weighted by Gasteiger charge is -2.16. The maximum absolute atomic E-state index is 5.71. The monoisotopic (exact) mass is 201 g/mol. The summed E-state index contributed by atoms with van der Waals surface area (Å²) in [6, 6.07) is 0. The van der Waals surface area contributed by atoms with Crippen molar-refractivity contribution in [2.24, 2.45) is 5.73 Å². The molecule has 0 aliphatic carbocycles. The zero-order chi connectivity index (χ0) is 9.80. The van der Waals surface area contributed by atoms with Crippen LogP contribution >= 0.6 is 0 Å². The third-order valence-electron chi connectivity index (χ3n) is 2.85. The Bertz CT molecular complexity index is 177. The number of hydrogen-bond acceptors (Lipinski definition) is 4. The largest absolute Gasteiger partial charge is 0.373 e. The second-order valence-corrected chi connectivity index (χ2v) is 3.90. The first-order valence-electron chi connectivity index (χ1n) is 5.46. The number of fused-ring (bicyclic) bond motifs is 1. The van der Waals surface area contributed by atoms with Gasteiger partial charge in [-0.05, 0) is 25.8 Å². The van der Waals surface area contributed by atoms with Crippen molar-refractivity contribution in [1.82, 2.24) is 0 Å². The first-order chi connectivity index (χ1) is 6.92. The second-order valence-electron chi connectivity index (χ2n) is 3.90. The number of rotatable bonds is 5. The molecule has 0 aromatic heterocycles. The van der Waals surface area contributed by atoms with Crippen LogP contribution in [0.3, 0.4) is 0 Å². The molecule has 2 aliphatic heterocycles. The van der Waals surface area contributed by atoms with Gasteiger partial charge in [-0.1, -0.05) is 0 Å². The topological polar surface area (TPSA) is 53.7 Å². The zero-order valence-corrected chi connectivity index (χ0v) is 8.48. The summed E-state index contributed by atoms with van der Waals surface area (Å²) >= 11 is 0. The molecule has 2 saturated heterocycles. The van der Waals surface area contributed by atoms with E-state index in [1.165, 1.54) is 0 Å².